The van der Waals surface area contributed by atoms with Gasteiger partial charge in [-0.1, -0.05) is 0 Å². The first-order chi connectivity index (χ1) is 9.17. The Hall–Kier alpha value is -0.890. The van der Waals surface area contributed by atoms with Crippen molar-refractivity contribution >= 4 is 6.09 Å². The molecule has 7 nitrogen and oxygen atoms in total. The van der Waals surface area contributed by atoms with Crippen LogP contribution in [-0.2, 0) is 14.2 Å². The molecule has 1 unspecified atom stereocenters. The standard InChI is InChI=1S/C12H23NO6/c1-3-18-12(16)13-9(6-14)4-11(19-8-17-2)5-10(13)7-15/h9-11,14-15H,3-8H2,1-2H3/t9-,10+,11?. The van der Waals surface area contributed by atoms with E-state index in [1.54, 1.807) is 6.92 Å². The van der Waals surface area contributed by atoms with Crippen molar-refractivity contribution < 1.29 is 29.2 Å². The Morgan fingerprint density at radius 3 is 2.26 bits per heavy atom. The van der Waals surface area contributed by atoms with Crippen LogP contribution in [0.5, 0.6) is 0 Å². The number of carbonyl (C=O) groups is 1. The molecule has 0 spiro atoms. The van der Waals surface area contributed by atoms with Gasteiger partial charge in [-0.15, -0.1) is 0 Å². The fourth-order valence-electron chi connectivity index (χ4n) is 2.35. The summed E-state index contributed by atoms with van der Waals surface area (Å²) >= 11 is 0. The van der Waals surface area contributed by atoms with Gasteiger partial charge in [0.15, 0.2) is 0 Å². The minimum absolute atomic E-state index is 0.153. The van der Waals surface area contributed by atoms with E-state index in [0.29, 0.717) is 12.8 Å². The fraction of sp³-hybridized carbons (Fsp3) is 0.917. The van der Waals surface area contributed by atoms with Gasteiger partial charge in [0.25, 0.3) is 0 Å². The zero-order valence-corrected chi connectivity index (χ0v) is 11.4. The van der Waals surface area contributed by atoms with E-state index in [2.05, 4.69) is 0 Å². The molecule has 0 aromatic heterocycles. The number of methoxy groups -OCH3 is 1. The van der Waals surface area contributed by atoms with Crippen molar-refractivity contribution in [1.82, 2.24) is 4.90 Å². The second kappa shape index (κ2) is 8.31. The lowest BCUT2D eigenvalue weighted by Crippen LogP contribution is -2.56. The molecule has 1 heterocycles. The number of amides is 1. The van der Waals surface area contributed by atoms with Crippen molar-refractivity contribution in [2.75, 3.05) is 33.7 Å². The Kier molecular flexibility index (Phi) is 7.07. The van der Waals surface area contributed by atoms with Gasteiger partial charge in [-0.2, -0.15) is 0 Å². The summed E-state index contributed by atoms with van der Waals surface area (Å²) < 4.78 is 15.3. The van der Waals surface area contributed by atoms with Crippen LogP contribution >= 0.6 is 0 Å². The topological polar surface area (TPSA) is 88.5 Å². The molecule has 0 aromatic rings. The number of aliphatic hydroxyl groups excluding tert-OH is 2. The highest BCUT2D eigenvalue weighted by molar-refractivity contribution is 5.68. The molecule has 0 saturated carbocycles. The molecule has 3 atom stereocenters. The van der Waals surface area contributed by atoms with E-state index in [1.807, 2.05) is 0 Å². The summed E-state index contributed by atoms with van der Waals surface area (Å²) in [5.74, 6) is 0. The average molecular weight is 277 g/mol. The van der Waals surface area contributed by atoms with Crippen LogP contribution in [-0.4, -0.2) is 73.1 Å². The minimum atomic E-state index is -0.509. The molecule has 7 heteroatoms. The van der Waals surface area contributed by atoms with Crippen LogP contribution in [0.4, 0.5) is 4.79 Å². The van der Waals surface area contributed by atoms with Crippen LogP contribution in [0, 0.1) is 0 Å². The molecule has 0 bridgehead atoms. The van der Waals surface area contributed by atoms with Crippen molar-refractivity contribution in [1.29, 1.82) is 0 Å². The van der Waals surface area contributed by atoms with Gasteiger partial charge in [0, 0.05) is 7.11 Å². The number of nitrogens with zero attached hydrogens (tertiary/aromatic N) is 1. The molecule has 112 valence electrons. The lowest BCUT2D eigenvalue weighted by molar-refractivity contribution is -0.114. The summed E-state index contributed by atoms with van der Waals surface area (Å²) in [6.07, 6.45) is 0.329. The van der Waals surface area contributed by atoms with Crippen LogP contribution < -0.4 is 0 Å². The second-order valence-electron chi connectivity index (χ2n) is 4.45. The van der Waals surface area contributed by atoms with Gasteiger partial charge < -0.3 is 24.4 Å². The molecular formula is C12H23NO6. The van der Waals surface area contributed by atoms with Gasteiger partial charge in [0.05, 0.1) is 38.0 Å². The summed E-state index contributed by atoms with van der Waals surface area (Å²) in [6.45, 7) is 1.74. The summed E-state index contributed by atoms with van der Waals surface area (Å²) in [5, 5.41) is 18.8. The first-order valence-electron chi connectivity index (χ1n) is 6.45. The van der Waals surface area contributed by atoms with Crippen LogP contribution in [0.3, 0.4) is 0 Å². The number of hydrogen-bond acceptors (Lipinski definition) is 6. The first kappa shape index (κ1) is 16.2. The van der Waals surface area contributed by atoms with Crippen molar-refractivity contribution in [3.05, 3.63) is 0 Å². The summed E-state index contributed by atoms with van der Waals surface area (Å²) in [6, 6.07) is -0.821. The molecule has 1 aliphatic rings. The van der Waals surface area contributed by atoms with Crippen molar-refractivity contribution in [2.24, 2.45) is 0 Å². The van der Waals surface area contributed by atoms with E-state index in [9.17, 15) is 15.0 Å². The highest BCUT2D eigenvalue weighted by atomic mass is 16.7. The van der Waals surface area contributed by atoms with Crippen molar-refractivity contribution in [3.8, 4) is 0 Å². The molecule has 0 aromatic carbocycles. The molecule has 1 fully saturated rings. The molecule has 0 aliphatic carbocycles. The Morgan fingerprint density at radius 2 is 1.84 bits per heavy atom. The summed E-state index contributed by atoms with van der Waals surface area (Å²) in [5.41, 5.74) is 0. The second-order valence-corrected chi connectivity index (χ2v) is 4.45. The number of piperidine rings is 1. The zero-order valence-electron chi connectivity index (χ0n) is 11.4. The molecule has 0 radical (unpaired) electrons. The van der Waals surface area contributed by atoms with E-state index < -0.39 is 18.2 Å². The highest BCUT2D eigenvalue weighted by Gasteiger charge is 2.39. The van der Waals surface area contributed by atoms with Gasteiger partial charge in [0.2, 0.25) is 0 Å². The molecule has 1 amide bonds. The van der Waals surface area contributed by atoms with Crippen molar-refractivity contribution in [2.45, 2.75) is 38.0 Å². The normalized spacial score (nSPS) is 27.4. The third-order valence-corrected chi connectivity index (χ3v) is 3.18. The molecule has 2 N–H and O–H groups in total. The maximum absolute atomic E-state index is 11.9. The Labute approximate surface area is 113 Å². The van der Waals surface area contributed by atoms with Crippen LogP contribution in [0.15, 0.2) is 0 Å². The summed E-state index contributed by atoms with van der Waals surface area (Å²) in [4.78, 5) is 13.3. The third kappa shape index (κ3) is 4.31. The van der Waals surface area contributed by atoms with Gasteiger partial charge in [-0.25, -0.2) is 4.79 Å². The van der Waals surface area contributed by atoms with Gasteiger partial charge in [-0.05, 0) is 19.8 Å². The maximum atomic E-state index is 11.9. The van der Waals surface area contributed by atoms with E-state index in [1.165, 1.54) is 12.0 Å². The monoisotopic (exact) mass is 277 g/mol. The van der Waals surface area contributed by atoms with Gasteiger partial charge >= 0.3 is 6.09 Å². The van der Waals surface area contributed by atoms with Crippen LogP contribution in [0.2, 0.25) is 0 Å². The van der Waals surface area contributed by atoms with Gasteiger partial charge in [-0.3, -0.25) is 4.90 Å². The van der Waals surface area contributed by atoms with E-state index in [0.717, 1.165) is 0 Å². The van der Waals surface area contributed by atoms with Crippen LogP contribution in [0.25, 0.3) is 0 Å². The maximum Gasteiger partial charge on any atom is 0.410 e. The first-order valence-corrected chi connectivity index (χ1v) is 6.45. The zero-order chi connectivity index (χ0) is 14.3. The number of carbonyl (C=O) groups excluding carboxylic acids is 1. The lowest BCUT2D eigenvalue weighted by atomic mass is 9.94. The predicted molar refractivity (Wildman–Crippen MR) is 66.6 cm³/mol. The Bertz CT molecular complexity index is 261. The molecule has 1 saturated heterocycles. The van der Waals surface area contributed by atoms with E-state index in [4.69, 9.17) is 14.2 Å². The van der Waals surface area contributed by atoms with Crippen LogP contribution in [0.1, 0.15) is 19.8 Å². The fourth-order valence-corrected chi connectivity index (χ4v) is 2.35. The number of likely N-dealkylation sites (tertiary alicyclic amines) is 1. The molecular weight excluding hydrogens is 254 g/mol. The summed E-state index contributed by atoms with van der Waals surface area (Å²) in [7, 11) is 1.53. The molecule has 1 aliphatic heterocycles. The molecule has 19 heavy (non-hydrogen) atoms. The Balaban J connectivity index is 2.71. The molecule has 1 rings (SSSR count). The van der Waals surface area contributed by atoms with Gasteiger partial charge in [0.1, 0.15) is 6.79 Å². The number of hydrogen-bond donors (Lipinski definition) is 2. The van der Waals surface area contributed by atoms with E-state index >= 15 is 0 Å². The van der Waals surface area contributed by atoms with E-state index in [-0.39, 0.29) is 32.7 Å². The number of ether oxygens (including phenoxy) is 3. The smallest absolute Gasteiger partial charge is 0.410 e. The number of aliphatic hydroxyl groups is 2. The predicted octanol–water partition coefficient (Wildman–Crippen LogP) is -0.0504. The number of rotatable bonds is 6. The minimum Gasteiger partial charge on any atom is -0.450 e. The SMILES string of the molecule is CCOC(=O)N1[C@H](CO)CC(OCOC)C[C@@H]1CO. The Morgan fingerprint density at radius 1 is 1.26 bits per heavy atom. The van der Waals surface area contributed by atoms with Crippen molar-refractivity contribution in [3.63, 3.8) is 0 Å². The largest absolute Gasteiger partial charge is 0.450 e. The highest BCUT2D eigenvalue weighted by Crippen LogP contribution is 2.26. The average Bonchev–Trinajstić information content (AvgIpc) is 2.43. The quantitative estimate of drug-likeness (QED) is 0.662. The lowest BCUT2D eigenvalue weighted by Gasteiger charge is -2.42. The third-order valence-electron chi connectivity index (χ3n) is 3.18.